The quantitative estimate of drug-likeness (QED) is 0.327. The maximum absolute atomic E-state index is 14.6. The van der Waals surface area contributed by atoms with Crippen molar-refractivity contribution in [2.75, 3.05) is 29.6 Å². The molecule has 1 saturated heterocycles. The molecular formula is C24H26F2N8O. The maximum atomic E-state index is 14.6. The van der Waals surface area contributed by atoms with Gasteiger partial charge in [-0.05, 0) is 36.6 Å². The van der Waals surface area contributed by atoms with Gasteiger partial charge in [0.25, 0.3) is 0 Å². The molecular weight excluding hydrogens is 454 g/mol. The predicted octanol–water partition coefficient (Wildman–Crippen LogP) is 3.65. The summed E-state index contributed by atoms with van der Waals surface area (Å²) in [4.78, 5) is 8.76. The van der Waals surface area contributed by atoms with Crippen LogP contribution in [-0.4, -0.2) is 38.2 Å². The van der Waals surface area contributed by atoms with Gasteiger partial charge in [-0.3, -0.25) is 4.68 Å². The third-order valence-corrected chi connectivity index (χ3v) is 6.14. The minimum Gasteiger partial charge on any atom is -0.399 e. The number of nitrogens with zero attached hydrogens (tertiary/aromatic N) is 5. The fourth-order valence-corrected chi connectivity index (χ4v) is 4.11. The van der Waals surface area contributed by atoms with E-state index >= 15 is 0 Å². The van der Waals surface area contributed by atoms with E-state index in [4.69, 9.17) is 10.5 Å². The summed E-state index contributed by atoms with van der Waals surface area (Å²) < 4.78 is 35.8. The first-order valence-corrected chi connectivity index (χ1v) is 11.4. The summed E-state index contributed by atoms with van der Waals surface area (Å²) in [6, 6.07) is 7.64. The Morgan fingerprint density at radius 2 is 2.06 bits per heavy atom. The highest BCUT2D eigenvalue weighted by Gasteiger charge is 2.17. The first-order chi connectivity index (χ1) is 17.0. The van der Waals surface area contributed by atoms with Crippen LogP contribution in [0.3, 0.4) is 0 Å². The van der Waals surface area contributed by atoms with Gasteiger partial charge in [0.15, 0.2) is 5.82 Å². The number of hydrogen-bond donors (Lipinski definition) is 3. The fraction of sp³-hybridized carbons (Fsp3) is 0.333. The van der Waals surface area contributed by atoms with Crippen LogP contribution >= 0.6 is 0 Å². The monoisotopic (exact) mass is 480 g/mol. The largest absolute Gasteiger partial charge is 0.399 e. The molecule has 35 heavy (non-hydrogen) atoms. The summed E-state index contributed by atoms with van der Waals surface area (Å²) in [6.45, 7) is 4.84. The highest BCUT2D eigenvalue weighted by atomic mass is 19.1. The summed E-state index contributed by atoms with van der Waals surface area (Å²) in [5.74, 6) is -0.539. The van der Waals surface area contributed by atoms with E-state index in [1.807, 2.05) is 31.3 Å². The zero-order valence-electron chi connectivity index (χ0n) is 19.3. The van der Waals surface area contributed by atoms with E-state index in [-0.39, 0.29) is 16.9 Å². The van der Waals surface area contributed by atoms with E-state index in [0.29, 0.717) is 36.2 Å². The molecule has 1 fully saturated rings. The van der Waals surface area contributed by atoms with Crippen LogP contribution in [0.15, 0.2) is 36.5 Å². The van der Waals surface area contributed by atoms with Gasteiger partial charge in [0.2, 0.25) is 5.95 Å². The molecule has 1 atom stereocenters. The molecule has 182 valence electrons. The number of anilines is 3. The number of halogens is 2. The van der Waals surface area contributed by atoms with Crippen molar-refractivity contribution in [3.05, 3.63) is 65.0 Å². The molecule has 0 spiro atoms. The van der Waals surface area contributed by atoms with Crippen LogP contribution in [0.4, 0.5) is 26.2 Å². The molecule has 1 aliphatic rings. The number of nitrogens with two attached hydrogens (primary N) is 1. The Kier molecular flexibility index (Phi) is 6.41. The van der Waals surface area contributed by atoms with Crippen molar-refractivity contribution in [1.82, 2.24) is 25.0 Å². The Morgan fingerprint density at radius 1 is 1.17 bits per heavy atom. The number of benzene rings is 2. The third-order valence-electron chi connectivity index (χ3n) is 6.14. The van der Waals surface area contributed by atoms with Gasteiger partial charge in [-0.25, -0.2) is 13.8 Å². The number of ether oxygens (including phenoxy) is 1. The van der Waals surface area contributed by atoms with Crippen molar-refractivity contribution in [3.63, 3.8) is 0 Å². The lowest BCUT2D eigenvalue weighted by Crippen LogP contribution is -2.11. The zero-order valence-corrected chi connectivity index (χ0v) is 19.3. The molecule has 0 amide bonds. The minimum atomic E-state index is -0.765. The van der Waals surface area contributed by atoms with Crippen molar-refractivity contribution in [2.45, 2.75) is 33.0 Å². The molecule has 0 radical (unpaired) electrons. The van der Waals surface area contributed by atoms with E-state index in [0.717, 1.165) is 43.4 Å². The lowest BCUT2D eigenvalue weighted by Gasteiger charge is -2.14. The van der Waals surface area contributed by atoms with Crippen LogP contribution in [-0.2, 0) is 24.4 Å². The summed E-state index contributed by atoms with van der Waals surface area (Å²) in [7, 11) is 0. The molecule has 1 unspecified atom stereocenters. The van der Waals surface area contributed by atoms with Gasteiger partial charge in [-0.15, -0.1) is 5.10 Å². The number of hydrogen-bond acceptors (Lipinski definition) is 8. The van der Waals surface area contributed by atoms with Crippen LogP contribution in [0.25, 0.3) is 10.9 Å². The number of fused-ring (bicyclic) bond motifs is 1. The van der Waals surface area contributed by atoms with E-state index in [9.17, 15) is 8.78 Å². The van der Waals surface area contributed by atoms with Crippen LogP contribution in [0.2, 0.25) is 0 Å². The number of nitrogens with one attached hydrogen (secondary N) is 2. The lowest BCUT2D eigenvalue weighted by atomic mass is 10.1. The van der Waals surface area contributed by atoms with E-state index in [1.165, 1.54) is 6.07 Å². The van der Waals surface area contributed by atoms with Gasteiger partial charge in [-0.1, -0.05) is 17.3 Å². The van der Waals surface area contributed by atoms with Gasteiger partial charge in [0.1, 0.15) is 22.8 Å². The molecule has 4 aromatic rings. The topological polar surface area (TPSA) is 116 Å². The van der Waals surface area contributed by atoms with Crippen LogP contribution < -0.4 is 16.4 Å². The van der Waals surface area contributed by atoms with E-state index < -0.39 is 11.6 Å². The van der Waals surface area contributed by atoms with Gasteiger partial charge in [0.05, 0.1) is 19.3 Å². The Balaban J connectivity index is 1.36. The summed E-state index contributed by atoms with van der Waals surface area (Å²) in [5.41, 5.74) is 9.26. The number of nitrogen functional groups attached to an aromatic ring is 1. The highest BCUT2D eigenvalue weighted by molar-refractivity contribution is 5.90. The first kappa shape index (κ1) is 22.9. The van der Waals surface area contributed by atoms with Crippen molar-refractivity contribution in [3.8, 4) is 0 Å². The van der Waals surface area contributed by atoms with Crippen molar-refractivity contribution in [1.29, 1.82) is 0 Å². The second-order valence-corrected chi connectivity index (χ2v) is 8.68. The first-order valence-electron chi connectivity index (χ1n) is 11.4. The average Bonchev–Trinajstić information content (AvgIpc) is 3.51. The molecule has 3 heterocycles. The van der Waals surface area contributed by atoms with Crippen molar-refractivity contribution in [2.24, 2.45) is 5.92 Å². The molecule has 0 bridgehead atoms. The molecule has 2 aromatic heterocycles. The molecule has 11 heteroatoms. The van der Waals surface area contributed by atoms with Crippen molar-refractivity contribution >= 4 is 28.4 Å². The third kappa shape index (κ3) is 5.14. The van der Waals surface area contributed by atoms with Gasteiger partial charge in [-0.2, -0.15) is 4.98 Å². The Labute approximate surface area is 200 Å². The van der Waals surface area contributed by atoms with E-state index in [1.54, 1.807) is 4.68 Å². The molecule has 1 aliphatic heterocycles. The van der Waals surface area contributed by atoms with Crippen LogP contribution in [0.1, 0.15) is 23.2 Å². The van der Waals surface area contributed by atoms with Gasteiger partial charge in [0, 0.05) is 42.8 Å². The van der Waals surface area contributed by atoms with Crippen molar-refractivity contribution < 1.29 is 13.5 Å². The molecule has 5 rings (SSSR count). The second-order valence-electron chi connectivity index (χ2n) is 8.68. The molecule has 9 nitrogen and oxygen atoms in total. The molecule has 0 aliphatic carbocycles. The normalized spacial score (nSPS) is 15.6. The molecule has 2 aromatic carbocycles. The predicted molar refractivity (Wildman–Crippen MR) is 129 cm³/mol. The smallest absolute Gasteiger partial charge is 0.225 e. The molecule has 0 saturated carbocycles. The van der Waals surface area contributed by atoms with E-state index in [2.05, 4.69) is 30.9 Å². The van der Waals surface area contributed by atoms with Crippen LogP contribution in [0, 0.1) is 24.5 Å². The fourth-order valence-electron chi connectivity index (χ4n) is 4.11. The Bertz CT molecular complexity index is 1350. The van der Waals surface area contributed by atoms with Crippen LogP contribution in [0.5, 0.6) is 0 Å². The SMILES string of the molecule is Cc1c(N)cccc1CNc1nc(NCc2cn(CC3CCOC3)nn2)nc2c(F)cc(F)cc12. The lowest BCUT2D eigenvalue weighted by molar-refractivity contribution is 0.181. The second kappa shape index (κ2) is 9.79. The molecule has 4 N–H and O–H groups in total. The van der Waals surface area contributed by atoms with Gasteiger partial charge < -0.3 is 21.1 Å². The average molecular weight is 481 g/mol. The summed E-state index contributed by atoms with van der Waals surface area (Å²) in [5, 5.41) is 14.9. The summed E-state index contributed by atoms with van der Waals surface area (Å²) in [6.07, 6.45) is 2.86. The standard InChI is InChI=1S/C24H26F2N8O/c1-14-16(3-2-4-21(14)27)9-28-23-19-7-17(25)8-20(26)22(19)30-24(31-23)29-10-18-12-34(33-32-18)11-15-5-6-35-13-15/h2-4,7-8,12,15H,5-6,9-11,13,27H2,1H3,(H2,28,29,30,31). The Hall–Kier alpha value is -3.86. The minimum absolute atomic E-state index is 0.0144. The number of rotatable bonds is 8. The number of aromatic nitrogens is 5. The summed E-state index contributed by atoms with van der Waals surface area (Å²) >= 11 is 0. The highest BCUT2D eigenvalue weighted by Crippen LogP contribution is 2.27. The Morgan fingerprint density at radius 3 is 2.89 bits per heavy atom. The van der Waals surface area contributed by atoms with Gasteiger partial charge >= 0.3 is 0 Å². The zero-order chi connectivity index (χ0) is 24.4. The maximum Gasteiger partial charge on any atom is 0.225 e.